The highest BCUT2D eigenvalue weighted by molar-refractivity contribution is 5.75. The van der Waals surface area contributed by atoms with Crippen LogP contribution < -0.4 is 5.73 Å². The molecule has 4 nitrogen and oxygen atoms in total. The Kier molecular flexibility index (Phi) is 7.42. The molecule has 0 amide bonds. The molecule has 14 heavy (non-hydrogen) atoms. The van der Waals surface area contributed by atoms with Crippen molar-refractivity contribution in [3.63, 3.8) is 0 Å². The molecular formula is C10H21NO3. The van der Waals surface area contributed by atoms with Gasteiger partial charge in [0.05, 0.1) is 6.61 Å². The van der Waals surface area contributed by atoms with Crippen molar-refractivity contribution in [1.82, 2.24) is 0 Å². The first-order chi connectivity index (χ1) is 6.61. The Morgan fingerprint density at radius 1 is 1.43 bits per heavy atom. The van der Waals surface area contributed by atoms with Crippen LogP contribution >= 0.6 is 0 Å². The van der Waals surface area contributed by atoms with Gasteiger partial charge in [0.25, 0.3) is 0 Å². The molecule has 0 fully saturated rings. The van der Waals surface area contributed by atoms with Crippen LogP contribution in [0.4, 0.5) is 0 Å². The smallest absolute Gasteiger partial charge is 0.323 e. The molecule has 0 bridgehead atoms. The lowest BCUT2D eigenvalue weighted by atomic mass is 10.2. The fourth-order valence-corrected chi connectivity index (χ4v) is 1.03. The number of nitrogens with two attached hydrogens (primary N) is 1. The summed E-state index contributed by atoms with van der Waals surface area (Å²) in [5.74, 6) is -0.334. The van der Waals surface area contributed by atoms with E-state index in [2.05, 4.69) is 0 Å². The minimum Gasteiger partial charge on any atom is -0.459 e. The molecule has 0 aromatic heterocycles. The lowest BCUT2D eigenvalue weighted by Crippen LogP contribution is -2.35. The fourth-order valence-electron chi connectivity index (χ4n) is 1.03. The van der Waals surface area contributed by atoms with Gasteiger partial charge in [-0.2, -0.15) is 0 Å². The number of carbonyl (C=O) groups is 1. The number of carbonyl (C=O) groups excluding carboxylic acids is 1. The van der Waals surface area contributed by atoms with Gasteiger partial charge in [-0.05, 0) is 20.3 Å². The maximum atomic E-state index is 11.3. The third-order valence-corrected chi connectivity index (χ3v) is 1.78. The zero-order valence-corrected chi connectivity index (χ0v) is 9.29. The van der Waals surface area contributed by atoms with Crippen LogP contribution in [-0.2, 0) is 14.3 Å². The largest absolute Gasteiger partial charge is 0.459 e. The van der Waals surface area contributed by atoms with Crippen molar-refractivity contribution in [1.29, 1.82) is 0 Å². The van der Waals surface area contributed by atoms with E-state index < -0.39 is 6.04 Å². The quantitative estimate of drug-likeness (QED) is 0.629. The van der Waals surface area contributed by atoms with Crippen LogP contribution in [0.15, 0.2) is 0 Å². The predicted octanol–water partition coefficient (Wildman–Crippen LogP) is 1.08. The van der Waals surface area contributed by atoms with Gasteiger partial charge in [0.1, 0.15) is 12.1 Å². The van der Waals surface area contributed by atoms with Crippen molar-refractivity contribution in [3.8, 4) is 0 Å². The van der Waals surface area contributed by atoms with Crippen LogP contribution in [0.2, 0.25) is 0 Å². The van der Waals surface area contributed by atoms with E-state index in [1.807, 2.05) is 13.8 Å². The molecule has 0 aromatic carbocycles. The van der Waals surface area contributed by atoms with Crippen LogP contribution in [0, 0.1) is 0 Å². The number of esters is 1. The lowest BCUT2D eigenvalue weighted by Gasteiger charge is -2.16. The fraction of sp³-hybridized carbons (Fsp3) is 0.900. The Labute approximate surface area is 85.8 Å². The van der Waals surface area contributed by atoms with Crippen LogP contribution in [0.1, 0.15) is 33.6 Å². The molecule has 0 radical (unpaired) electrons. The third-order valence-electron chi connectivity index (χ3n) is 1.78. The molecule has 0 saturated heterocycles. The summed E-state index contributed by atoms with van der Waals surface area (Å²) in [5, 5.41) is 0. The van der Waals surface area contributed by atoms with Crippen LogP contribution in [0.3, 0.4) is 0 Å². The molecular weight excluding hydrogens is 182 g/mol. The molecule has 4 heteroatoms. The predicted molar refractivity (Wildman–Crippen MR) is 54.9 cm³/mol. The molecule has 0 aliphatic carbocycles. The Morgan fingerprint density at radius 2 is 2.07 bits per heavy atom. The molecule has 1 unspecified atom stereocenters. The monoisotopic (exact) mass is 203 g/mol. The highest BCUT2D eigenvalue weighted by atomic mass is 16.6. The van der Waals surface area contributed by atoms with Gasteiger partial charge in [-0.1, -0.05) is 13.3 Å². The van der Waals surface area contributed by atoms with Crippen molar-refractivity contribution < 1.29 is 14.3 Å². The van der Waals surface area contributed by atoms with Crippen molar-refractivity contribution in [2.45, 2.75) is 45.8 Å². The van der Waals surface area contributed by atoms with Crippen molar-refractivity contribution in [2.24, 2.45) is 5.73 Å². The van der Waals surface area contributed by atoms with Gasteiger partial charge in [-0.15, -0.1) is 0 Å². The molecule has 0 heterocycles. The highest BCUT2D eigenvalue weighted by Gasteiger charge is 2.16. The number of hydrogen-bond acceptors (Lipinski definition) is 4. The normalized spacial score (nSPS) is 14.9. The topological polar surface area (TPSA) is 61.6 Å². The Bertz CT molecular complexity index is 161. The van der Waals surface area contributed by atoms with Gasteiger partial charge in [-0.3, -0.25) is 4.79 Å². The summed E-state index contributed by atoms with van der Waals surface area (Å²) >= 11 is 0. The Balaban J connectivity index is 3.69. The highest BCUT2D eigenvalue weighted by Crippen LogP contribution is 2.00. The molecule has 2 N–H and O–H groups in total. The summed E-state index contributed by atoms with van der Waals surface area (Å²) in [6.07, 6.45) is 1.33. The number of ether oxygens (including phenoxy) is 2. The van der Waals surface area contributed by atoms with Crippen LogP contribution in [0.5, 0.6) is 0 Å². The first-order valence-electron chi connectivity index (χ1n) is 5.15. The minimum absolute atomic E-state index is 0.217. The molecule has 0 spiro atoms. The summed E-state index contributed by atoms with van der Waals surface area (Å²) in [6.45, 7) is 6.74. The minimum atomic E-state index is -0.496. The van der Waals surface area contributed by atoms with Gasteiger partial charge in [0, 0.05) is 6.61 Å². The zero-order chi connectivity index (χ0) is 11.0. The molecule has 2 atom stereocenters. The maximum absolute atomic E-state index is 11.3. The molecule has 0 aliphatic heterocycles. The van der Waals surface area contributed by atoms with Crippen molar-refractivity contribution in [2.75, 3.05) is 13.2 Å². The van der Waals surface area contributed by atoms with Gasteiger partial charge in [0.2, 0.25) is 0 Å². The van der Waals surface area contributed by atoms with Gasteiger partial charge >= 0.3 is 5.97 Å². The van der Waals surface area contributed by atoms with Crippen LogP contribution in [-0.4, -0.2) is 31.3 Å². The average molecular weight is 203 g/mol. The second-order valence-electron chi connectivity index (χ2n) is 3.30. The van der Waals surface area contributed by atoms with Crippen LogP contribution in [0.25, 0.3) is 0 Å². The van der Waals surface area contributed by atoms with E-state index in [0.717, 1.165) is 6.42 Å². The average Bonchev–Trinajstić information content (AvgIpc) is 2.15. The van der Waals surface area contributed by atoms with E-state index in [4.69, 9.17) is 15.2 Å². The summed E-state index contributed by atoms with van der Waals surface area (Å²) in [5.41, 5.74) is 5.59. The Hall–Kier alpha value is -0.610. The standard InChI is InChI=1S/C10H21NO3/c1-4-6-9(11)10(12)14-8(3)7-13-5-2/h8-9H,4-7,11H2,1-3H3/t8?,9-/m1/s1. The van der Waals surface area contributed by atoms with Gasteiger partial charge in [-0.25, -0.2) is 0 Å². The molecule has 0 rings (SSSR count). The first-order valence-corrected chi connectivity index (χ1v) is 5.15. The SMILES string of the molecule is CCC[C@@H](N)C(=O)OC(C)COCC. The second-order valence-corrected chi connectivity index (χ2v) is 3.30. The van der Waals surface area contributed by atoms with Crippen molar-refractivity contribution in [3.05, 3.63) is 0 Å². The van der Waals surface area contributed by atoms with E-state index in [0.29, 0.717) is 19.6 Å². The number of rotatable bonds is 7. The summed E-state index contributed by atoms with van der Waals surface area (Å²) in [7, 11) is 0. The molecule has 0 aliphatic rings. The Morgan fingerprint density at radius 3 is 2.57 bits per heavy atom. The maximum Gasteiger partial charge on any atom is 0.323 e. The third kappa shape index (κ3) is 5.94. The van der Waals surface area contributed by atoms with Gasteiger partial charge in [0.15, 0.2) is 0 Å². The lowest BCUT2D eigenvalue weighted by molar-refractivity contribution is -0.152. The number of hydrogen-bond donors (Lipinski definition) is 1. The second kappa shape index (κ2) is 7.76. The van der Waals surface area contributed by atoms with E-state index in [1.54, 1.807) is 6.92 Å². The zero-order valence-electron chi connectivity index (χ0n) is 9.29. The summed E-state index contributed by atoms with van der Waals surface area (Å²) < 4.78 is 10.2. The molecule has 84 valence electrons. The van der Waals surface area contributed by atoms with E-state index in [-0.39, 0.29) is 12.1 Å². The summed E-state index contributed by atoms with van der Waals surface area (Å²) in [6, 6.07) is -0.496. The van der Waals surface area contributed by atoms with E-state index >= 15 is 0 Å². The summed E-state index contributed by atoms with van der Waals surface area (Å²) in [4.78, 5) is 11.3. The molecule has 0 saturated carbocycles. The van der Waals surface area contributed by atoms with E-state index in [1.165, 1.54) is 0 Å². The first kappa shape index (κ1) is 13.4. The molecule has 0 aromatic rings. The van der Waals surface area contributed by atoms with E-state index in [9.17, 15) is 4.79 Å². The van der Waals surface area contributed by atoms with Gasteiger partial charge < -0.3 is 15.2 Å². The van der Waals surface area contributed by atoms with Crippen molar-refractivity contribution >= 4 is 5.97 Å².